The first-order valence-electron chi connectivity index (χ1n) is 7.27. The molecule has 1 aromatic heterocycles. The summed E-state index contributed by atoms with van der Waals surface area (Å²) in [5, 5.41) is 0. The first kappa shape index (κ1) is 13.2. The van der Waals surface area contributed by atoms with Gasteiger partial charge in [-0.15, -0.1) is 0 Å². The highest BCUT2D eigenvalue weighted by atomic mass is 32.2. The average molecular weight is 282 g/mol. The fourth-order valence-electron chi connectivity index (χ4n) is 3.24. The van der Waals surface area contributed by atoms with Crippen LogP contribution in [-0.4, -0.2) is 29.5 Å². The van der Waals surface area contributed by atoms with Crippen molar-refractivity contribution in [3.63, 3.8) is 0 Å². The van der Waals surface area contributed by atoms with Crippen LogP contribution < -0.4 is 0 Å². The maximum Gasteiger partial charge on any atom is 0.150 e. The molecule has 0 N–H and O–H groups in total. The van der Waals surface area contributed by atoms with Crippen molar-refractivity contribution in [3.05, 3.63) is 17.7 Å². The molecular weight excluding hydrogens is 260 g/mol. The third kappa shape index (κ3) is 2.86. The summed E-state index contributed by atoms with van der Waals surface area (Å²) in [6.07, 6.45) is 6.96. The van der Waals surface area contributed by atoms with Crippen LogP contribution in [-0.2, 0) is 29.2 Å². The Morgan fingerprint density at radius 2 is 2.05 bits per heavy atom. The van der Waals surface area contributed by atoms with Gasteiger partial charge < -0.3 is 4.57 Å². The van der Waals surface area contributed by atoms with Gasteiger partial charge in [0.15, 0.2) is 0 Å². The molecule has 3 heterocycles. The standard InChI is InChI=1S/C14H22N2O2S/c1-11-2-3-13-9-15-14(16(13)10-11)8-12-4-6-19(17,18)7-5-12/h9,11-12H,2-8,10H2,1H3. The Morgan fingerprint density at radius 3 is 2.79 bits per heavy atom. The molecule has 0 aromatic carbocycles. The minimum Gasteiger partial charge on any atom is -0.332 e. The zero-order valence-electron chi connectivity index (χ0n) is 11.5. The average Bonchev–Trinajstić information content (AvgIpc) is 2.75. The Hall–Kier alpha value is -0.840. The van der Waals surface area contributed by atoms with Crippen molar-refractivity contribution in [2.45, 2.75) is 45.6 Å². The second-order valence-electron chi connectivity index (χ2n) is 6.22. The molecule has 19 heavy (non-hydrogen) atoms. The van der Waals surface area contributed by atoms with E-state index in [1.54, 1.807) is 0 Å². The molecule has 0 amide bonds. The van der Waals surface area contributed by atoms with Crippen LogP contribution >= 0.6 is 0 Å². The van der Waals surface area contributed by atoms with Crippen molar-refractivity contribution in [2.24, 2.45) is 11.8 Å². The van der Waals surface area contributed by atoms with E-state index in [-0.39, 0.29) is 0 Å². The smallest absolute Gasteiger partial charge is 0.150 e. The first-order chi connectivity index (χ1) is 9.03. The molecule has 1 unspecified atom stereocenters. The fraction of sp³-hybridized carbons (Fsp3) is 0.786. The molecular formula is C14H22N2O2S. The normalized spacial score (nSPS) is 27.1. The number of hydrogen-bond acceptors (Lipinski definition) is 3. The van der Waals surface area contributed by atoms with Gasteiger partial charge in [0.2, 0.25) is 0 Å². The van der Waals surface area contributed by atoms with E-state index in [0.29, 0.717) is 17.4 Å². The summed E-state index contributed by atoms with van der Waals surface area (Å²) in [6, 6.07) is 0. The third-order valence-electron chi connectivity index (χ3n) is 4.55. The van der Waals surface area contributed by atoms with Gasteiger partial charge in [0.25, 0.3) is 0 Å². The van der Waals surface area contributed by atoms with E-state index >= 15 is 0 Å². The summed E-state index contributed by atoms with van der Waals surface area (Å²) in [5.74, 6) is 3.12. The van der Waals surface area contributed by atoms with Gasteiger partial charge >= 0.3 is 0 Å². The van der Waals surface area contributed by atoms with Crippen molar-refractivity contribution < 1.29 is 8.42 Å². The highest BCUT2D eigenvalue weighted by Gasteiger charge is 2.26. The van der Waals surface area contributed by atoms with E-state index in [1.807, 2.05) is 6.20 Å². The molecule has 1 saturated heterocycles. The maximum atomic E-state index is 11.5. The summed E-state index contributed by atoms with van der Waals surface area (Å²) in [4.78, 5) is 4.58. The minimum absolute atomic E-state index is 0.363. The van der Waals surface area contributed by atoms with Gasteiger partial charge in [-0.3, -0.25) is 0 Å². The monoisotopic (exact) mass is 282 g/mol. The second kappa shape index (κ2) is 4.93. The lowest BCUT2D eigenvalue weighted by atomic mass is 9.97. The van der Waals surface area contributed by atoms with Gasteiger partial charge in [-0.05, 0) is 37.5 Å². The van der Waals surface area contributed by atoms with Crippen LogP contribution in [0.5, 0.6) is 0 Å². The van der Waals surface area contributed by atoms with Gasteiger partial charge in [-0.25, -0.2) is 13.4 Å². The Balaban J connectivity index is 1.69. The number of hydrogen-bond donors (Lipinski definition) is 0. The van der Waals surface area contributed by atoms with Gasteiger partial charge in [0.05, 0.1) is 11.5 Å². The van der Waals surface area contributed by atoms with Crippen molar-refractivity contribution >= 4 is 9.84 Å². The lowest BCUT2D eigenvalue weighted by Crippen LogP contribution is -2.26. The molecule has 5 heteroatoms. The van der Waals surface area contributed by atoms with Crippen LogP contribution in [0.4, 0.5) is 0 Å². The Kier molecular flexibility index (Phi) is 3.41. The second-order valence-corrected chi connectivity index (χ2v) is 8.52. The zero-order valence-corrected chi connectivity index (χ0v) is 12.3. The molecule has 0 spiro atoms. The topological polar surface area (TPSA) is 52.0 Å². The van der Waals surface area contributed by atoms with Gasteiger partial charge in [0, 0.05) is 24.9 Å². The molecule has 106 valence electrons. The molecule has 1 atom stereocenters. The molecule has 3 rings (SSSR count). The van der Waals surface area contributed by atoms with E-state index in [9.17, 15) is 8.42 Å². The molecule has 0 saturated carbocycles. The van der Waals surface area contributed by atoms with Crippen molar-refractivity contribution in [2.75, 3.05) is 11.5 Å². The largest absolute Gasteiger partial charge is 0.332 e. The number of imidazole rings is 1. The summed E-state index contributed by atoms with van der Waals surface area (Å²) >= 11 is 0. The van der Waals surface area contributed by atoms with Crippen molar-refractivity contribution in [1.29, 1.82) is 0 Å². The van der Waals surface area contributed by atoms with Crippen LogP contribution in [0.25, 0.3) is 0 Å². The number of nitrogens with zero attached hydrogens (tertiary/aromatic N) is 2. The summed E-state index contributed by atoms with van der Waals surface area (Å²) in [7, 11) is -2.75. The van der Waals surface area contributed by atoms with E-state index in [4.69, 9.17) is 0 Å². The molecule has 2 aliphatic heterocycles. The molecule has 2 aliphatic rings. The summed E-state index contributed by atoms with van der Waals surface area (Å²) < 4.78 is 25.3. The highest BCUT2D eigenvalue weighted by molar-refractivity contribution is 7.91. The molecule has 1 aromatic rings. The van der Waals surface area contributed by atoms with Crippen LogP contribution in [0, 0.1) is 11.8 Å². The fourth-order valence-corrected chi connectivity index (χ4v) is 4.83. The number of fused-ring (bicyclic) bond motifs is 1. The number of aryl methyl sites for hydroxylation is 1. The van der Waals surface area contributed by atoms with Crippen LogP contribution in [0.2, 0.25) is 0 Å². The zero-order chi connectivity index (χ0) is 13.5. The summed E-state index contributed by atoms with van der Waals surface area (Å²) in [6.45, 7) is 3.37. The van der Waals surface area contributed by atoms with Gasteiger partial charge in [0.1, 0.15) is 15.7 Å². The Labute approximate surface area is 115 Å². The van der Waals surface area contributed by atoms with Gasteiger partial charge in [-0.2, -0.15) is 0 Å². The van der Waals surface area contributed by atoms with Crippen LogP contribution in [0.15, 0.2) is 6.20 Å². The van der Waals surface area contributed by atoms with Gasteiger partial charge in [-0.1, -0.05) is 6.92 Å². The molecule has 1 fully saturated rings. The lowest BCUT2D eigenvalue weighted by molar-refractivity contribution is 0.376. The van der Waals surface area contributed by atoms with Crippen molar-refractivity contribution in [3.8, 4) is 0 Å². The van der Waals surface area contributed by atoms with Crippen molar-refractivity contribution in [1.82, 2.24) is 9.55 Å². The predicted molar refractivity (Wildman–Crippen MR) is 74.8 cm³/mol. The highest BCUT2D eigenvalue weighted by Crippen LogP contribution is 2.26. The summed E-state index contributed by atoms with van der Waals surface area (Å²) in [5.41, 5.74) is 1.36. The molecule has 4 nitrogen and oxygen atoms in total. The third-order valence-corrected chi connectivity index (χ3v) is 6.27. The lowest BCUT2D eigenvalue weighted by Gasteiger charge is -2.25. The Morgan fingerprint density at radius 1 is 1.32 bits per heavy atom. The van der Waals surface area contributed by atoms with Crippen LogP contribution in [0.1, 0.15) is 37.7 Å². The Bertz CT molecular complexity index is 548. The van der Waals surface area contributed by atoms with E-state index in [1.165, 1.54) is 17.9 Å². The number of sulfone groups is 1. The minimum atomic E-state index is -2.75. The maximum absolute atomic E-state index is 11.5. The SMILES string of the molecule is CC1CCc2cnc(CC3CCS(=O)(=O)CC3)n2C1. The molecule has 0 aliphatic carbocycles. The first-order valence-corrected chi connectivity index (χ1v) is 9.09. The molecule has 0 bridgehead atoms. The number of aromatic nitrogens is 2. The van der Waals surface area contributed by atoms with Crippen LogP contribution in [0.3, 0.4) is 0 Å². The van der Waals surface area contributed by atoms with E-state index in [2.05, 4.69) is 16.5 Å². The number of rotatable bonds is 2. The van der Waals surface area contributed by atoms with E-state index in [0.717, 1.165) is 38.1 Å². The quantitative estimate of drug-likeness (QED) is 0.831. The van der Waals surface area contributed by atoms with E-state index < -0.39 is 9.84 Å². The molecule has 0 radical (unpaired) electrons. The predicted octanol–water partition coefficient (Wildman–Crippen LogP) is 1.83.